The number of benzene rings is 1. The molecule has 1 aromatic rings. The largest absolute Gasteiger partial charge is 0.416 e. The second-order valence-electron chi connectivity index (χ2n) is 2.42. The van der Waals surface area contributed by atoms with E-state index in [1.165, 1.54) is 12.1 Å². The molecule has 0 aliphatic carbocycles. The second kappa shape index (κ2) is 4.25. The van der Waals surface area contributed by atoms with Gasteiger partial charge in [0.25, 0.3) is 0 Å². The summed E-state index contributed by atoms with van der Waals surface area (Å²) in [7, 11) is 0. The minimum atomic E-state index is -4.33. The average Bonchev–Trinajstić information content (AvgIpc) is 2.02. The summed E-state index contributed by atoms with van der Waals surface area (Å²) in [5.41, 5.74) is 2.02. The number of halogens is 5. The lowest BCUT2D eigenvalue weighted by Gasteiger charge is -2.10. The van der Waals surface area contributed by atoms with Crippen LogP contribution < -0.4 is 5.43 Å². The van der Waals surface area contributed by atoms with Gasteiger partial charge in [0.15, 0.2) is 0 Å². The highest BCUT2D eigenvalue weighted by molar-refractivity contribution is 6.34. The van der Waals surface area contributed by atoms with Gasteiger partial charge in [-0.05, 0) is 28.3 Å². The summed E-state index contributed by atoms with van der Waals surface area (Å²) in [4.78, 5) is 0. The highest BCUT2D eigenvalue weighted by Gasteiger charge is 2.29. The molecule has 0 radical (unpaired) electrons. The van der Waals surface area contributed by atoms with E-state index in [2.05, 4.69) is 5.43 Å². The predicted molar refractivity (Wildman–Crippen MR) is 48.6 cm³/mol. The van der Waals surface area contributed by atoms with Crippen molar-refractivity contribution in [3.63, 3.8) is 0 Å². The van der Waals surface area contributed by atoms with E-state index in [1.807, 2.05) is 0 Å². The van der Waals surface area contributed by atoms with Crippen molar-refractivity contribution in [3.05, 3.63) is 29.8 Å². The molecular formula is C7H5Cl2F3N2. The van der Waals surface area contributed by atoms with E-state index in [4.69, 9.17) is 23.6 Å². The van der Waals surface area contributed by atoms with E-state index in [0.717, 1.165) is 12.1 Å². The van der Waals surface area contributed by atoms with Crippen LogP contribution in [0.25, 0.3) is 0 Å². The maximum atomic E-state index is 12.1. The summed E-state index contributed by atoms with van der Waals surface area (Å²) in [6.07, 6.45) is -4.33. The monoisotopic (exact) mass is 244 g/mol. The Morgan fingerprint density at radius 1 is 1.07 bits per heavy atom. The van der Waals surface area contributed by atoms with Crippen molar-refractivity contribution >= 4 is 29.2 Å². The number of rotatable bonds is 2. The summed E-state index contributed by atoms with van der Waals surface area (Å²) in [6.45, 7) is 0. The molecule has 0 saturated carbocycles. The van der Waals surface area contributed by atoms with Crippen LogP contribution in [-0.2, 0) is 6.18 Å². The standard InChI is InChI=1S/C7H5Cl2F3N2/c8-14(9)13-6-3-1-5(2-4-6)7(10,11)12/h1-4,13H. The quantitative estimate of drug-likeness (QED) is 0.632. The molecule has 0 unspecified atom stereocenters. The molecule has 0 atom stereocenters. The Morgan fingerprint density at radius 3 is 1.93 bits per heavy atom. The summed E-state index contributed by atoms with van der Waals surface area (Å²) in [6, 6.07) is 4.31. The smallest absolute Gasteiger partial charge is 0.291 e. The van der Waals surface area contributed by atoms with Crippen molar-refractivity contribution in [1.29, 1.82) is 0 Å². The van der Waals surface area contributed by atoms with Crippen molar-refractivity contribution in [2.45, 2.75) is 6.18 Å². The third-order valence-corrected chi connectivity index (χ3v) is 1.59. The minimum Gasteiger partial charge on any atom is -0.291 e. The molecule has 0 saturated heterocycles. The van der Waals surface area contributed by atoms with Crippen LogP contribution in [0, 0.1) is 0 Å². The van der Waals surface area contributed by atoms with E-state index >= 15 is 0 Å². The van der Waals surface area contributed by atoms with Crippen LogP contribution in [-0.4, -0.2) is 4.05 Å². The molecule has 1 N–H and O–H groups in total. The molecule has 0 amide bonds. The first-order valence-electron chi connectivity index (χ1n) is 3.45. The van der Waals surface area contributed by atoms with Crippen molar-refractivity contribution in [2.24, 2.45) is 0 Å². The second-order valence-corrected chi connectivity index (χ2v) is 3.27. The summed E-state index contributed by atoms with van der Waals surface area (Å²) >= 11 is 10.4. The zero-order valence-electron chi connectivity index (χ0n) is 6.65. The van der Waals surface area contributed by atoms with Crippen LogP contribution in [0.3, 0.4) is 0 Å². The van der Waals surface area contributed by atoms with E-state index in [-0.39, 0.29) is 0 Å². The lowest BCUT2D eigenvalue weighted by Crippen LogP contribution is -2.08. The fourth-order valence-electron chi connectivity index (χ4n) is 0.831. The van der Waals surface area contributed by atoms with Crippen molar-refractivity contribution in [3.8, 4) is 0 Å². The van der Waals surface area contributed by atoms with Crippen LogP contribution >= 0.6 is 23.6 Å². The summed E-state index contributed by atoms with van der Waals surface area (Å²) in [5.74, 6) is 0. The Labute approximate surface area is 88.4 Å². The van der Waals surface area contributed by atoms with E-state index in [1.54, 1.807) is 0 Å². The number of nitrogens with zero attached hydrogens (tertiary/aromatic N) is 1. The zero-order chi connectivity index (χ0) is 10.8. The molecule has 1 aromatic carbocycles. The van der Waals surface area contributed by atoms with Gasteiger partial charge in [0.1, 0.15) is 0 Å². The van der Waals surface area contributed by atoms with Gasteiger partial charge in [-0.25, -0.2) is 0 Å². The molecule has 0 aliphatic heterocycles. The molecule has 78 valence electrons. The molecule has 14 heavy (non-hydrogen) atoms. The normalized spacial score (nSPS) is 11.9. The number of hydrazine groups is 1. The lowest BCUT2D eigenvalue weighted by atomic mass is 10.2. The van der Waals surface area contributed by atoms with Gasteiger partial charge < -0.3 is 0 Å². The maximum Gasteiger partial charge on any atom is 0.416 e. The molecular weight excluding hydrogens is 240 g/mol. The molecule has 7 heteroatoms. The fourth-order valence-corrected chi connectivity index (χ4v) is 1.03. The Bertz CT molecular complexity index is 297. The molecule has 1 rings (SSSR count). The van der Waals surface area contributed by atoms with Crippen molar-refractivity contribution in [2.75, 3.05) is 5.43 Å². The van der Waals surface area contributed by atoms with Gasteiger partial charge in [0.2, 0.25) is 0 Å². The number of alkyl halides is 3. The lowest BCUT2D eigenvalue weighted by molar-refractivity contribution is -0.137. The Kier molecular flexibility index (Phi) is 3.47. The first-order valence-corrected chi connectivity index (χ1v) is 4.13. The molecule has 0 spiro atoms. The first-order chi connectivity index (χ1) is 6.39. The molecule has 0 aliphatic rings. The van der Waals surface area contributed by atoms with Gasteiger partial charge in [-0.2, -0.15) is 13.2 Å². The Morgan fingerprint density at radius 2 is 1.57 bits per heavy atom. The number of hydrogen-bond acceptors (Lipinski definition) is 2. The molecule has 0 bridgehead atoms. The first kappa shape index (κ1) is 11.4. The third kappa shape index (κ3) is 3.25. The van der Waals surface area contributed by atoms with E-state index in [9.17, 15) is 13.2 Å². The van der Waals surface area contributed by atoms with Gasteiger partial charge >= 0.3 is 6.18 Å². The fraction of sp³-hybridized carbons (Fsp3) is 0.143. The molecule has 2 nitrogen and oxygen atoms in total. The number of anilines is 1. The molecule has 0 heterocycles. The minimum absolute atomic E-state index is 0.364. The van der Waals surface area contributed by atoms with E-state index in [0.29, 0.717) is 9.73 Å². The van der Waals surface area contributed by atoms with Crippen LogP contribution in [0.2, 0.25) is 0 Å². The van der Waals surface area contributed by atoms with Crippen LogP contribution in [0.1, 0.15) is 5.56 Å². The van der Waals surface area contributed by atoms with Crippen LogP contribution in [0.4, 0.5) is 18.9 Å². The number of nitrogens with one attached hydrogen (secondary N) is 1. The molecule has 0 aromatic heterocycles. The van der Waals surface area contributed by atoms with Crippen molar-refractivity contribution < 1.29 is 13.2 Å². The number of hydrogen-bond donors (Lipinski definition) is 1. The predicted octanol–water partition coefficient (Wildman–Crippen LogP) is 3.64. The average molecular weight is 245 g/mol. The van der Waals surface area contributed by atoms with Crippen LogP contribution in [0.5, 0.6) is 0 Å². The van der Waals surface area contributed by atoms with Crippen molar-refractivity contribution in [1.82, 2.24) is 4.05 Å². The highest BCUT2D eigenvalue weighted by Crippen LogP contribution is 2.29. The van der Waals surface area contributed by atoms with Gasteiger partial charge in [-0.1, -0.05) is 0 Å². The Balaban J connectivity index is 2.79. The van der Waals surface area contributed by atoms with Gasteiger partial charge in [0.05, 0.1) is 11.3 Å². The maximum absolute atomic E-state index is 12.1. The topological polar surface area (TPSA) is 15.3 Å². The van der Waals surface area contributed by atoms with Crippen LogP contribution in [0.15, 0.2) is 24.3 Å². The van der Waals surface area contributed by atoms with E-state index < -0.39 is 11.7 Å². The van der Waals surface area contributed by atoms with Gasteiger partial charge in [-0.15, -0.1) is 0 Å². The van der Waals surface area contributed by atoms with Gasteiger partial charge in [-0.3, -0.25) is 5.43 Å². The Hall–Kier alpha value is -0.650. The zero-order valence-corrected chi connectivity index (χ0v) is 8.16. The third-order valence-electron chi connectivity index (χ3n) is 1.43. The molecule has 0 fully saturated rings. The SMILES string of the molecule is FC(F)(F)c1ccc(NN(Cl)Cl)cc1. The summed E-state index contributed by atoms with van der Waals surface area (Å²) in [5, 5.41) is 0. The highest BCUT2D eigenvalue weighted by atomic mass is 35.5. The van der Waals surface area contributed by atoms with Gasteiger partial charge in [0, 0.05) is 23.6 Å². The summed E-state index contributed by atoms with van der Waals surface area (Å²) < 4.78 is 36.9.